The van der Waals surface area contributed by atoms with Crippen LogP contribution in [0.4, 0.5) is 13.2 Å². The molecule has 156 valence electrons. The lowest BCUT2D eigenvalue weighted by Gasteiger charge is -2.21. The van der Waals surface area contributed by atoms with Gasteiger partial charge in [-0.15, -0.1) is 0 Å². The molecular weight excluding hydrogens is 391 g/mol. The lowest BCUT2D eigenvalue weighted by molar-refractivity contribution is -0.136. The van der Waals surface area contributed by atoms with E-state index < -0.39 is 12.6 Å². The molecule has 30 heavy (non-hydrogen) atoms. The molecule has 4 nitrogen and oxygen atoms in total. The zero-order valence-electron chi connectivity index (χ0n) is 16.3. The molecule has 0 spiro atoms. The van der Waals surface area contributed by atoms with Crippen LogP contribution in [-0.2, 0) is 6.54 Å². The fourth-order valence-electron chi connectivity index (χ4n) is 3.40. The van der Waals surface area contributed by atoms with E-state index in [1.807, 2.05) is 60.7 Å². The molecule has 0 saturated heterocycles. The highest BCUT2D eigenvalue weighted by Crippen LogP contribution is 2.26. The van der Waals surface area contributed by atoms with Crippen molar-refractivity contribution in [3.63, 3.8) is 0 Å². The minimum absolute atomic E-state index is 0.0829. The second-order valence-corrected chi connectivity index (χ2v) is 7.17. The van der Waals surface area contributed by atoms with Crippen LogP contribution in [0.15, 0.2) is 71.7 Å². The van der Waals surface area contributed by atoms with Crippen LogP contribution in [0.2, 0.25) is 0 Å². The van der Waals surface area contributed by atoms with Gasteiger partial charge in [-0.05, 0) is 40.6 Å². The van der Waals surface area contributed by atoms with Gasteiger partial charge in [0, 0.05) is 19.6 Å². The van der Waals surface area contributed by atoms with Gasteiger partial charge < -0.3 is 15.0 Å². The first-order chi connectivity index (χ1) is 14.5. The molecule has 0 bridgehead atoms. The van der Waals surface area contributed by atoms with Crippen LogP contribution < -0.4 is 10.1 Å². The zero-order chi connectivity index (χ0) is 21.0. The third-order valence-corrected chi connectivity index (χ3v) is 4.90. The predicted octanol–water partition coefficient (Wildman–Crippen LogP) is 5.35. The second-order valence-electron chi connectivity index (χ2n) is 7.17. The number of alkyl halides is 3. The van der Waals surface area contributed by atoms with Gasteiger partial charge in [0.1, 0.15) is 11.5 Å². The van der Waals surface area contributed by atoms with Crippen LogP contribution in [0, 0.1) is 0 Å². The lowest BCUT2D eigenvalue weighted by Crippen LogP contribution is -2.39. The van der Waals surface area contributed by atoms with Crippen LogP contribution in [0.1, 0.15) is 12.0 Å². The normalized spacial score (nSPS) is 14.1. The molecule has 3 aromatic carbocycles. The fraction of sp³-hybridized carbons (Fsp3) is 0.261. The summed E-state index contributed by atoms with van der Waals surface area (Å²) in [6.07, 6.45) is -5.01. The maximum Gasteiger partial charge on any atom is 0.390 e. The summed E-state index contributed by atoms with van der Waals surface area (Å²) in [5.41, 5.74) is 0.957. The maximum absolute atomic E-state index is 12.5. The van der Waals surface area contributed by atoms with Gasteiger partial charge in [-0.1, -0.05) is 42.5 Å². The van der Waals surface area contributed by atoms with Crippen molar-refractivity contribution in [1.29, 1.82) is 0 Å². The van der Waals surface area contributed by atoms with E-state index in [4.69, 9.17) is 4.74 Å². The number of nitrogens with one attached hydrogen (secondary N) is 1. The summed E-state index contributed by atoms with van der Waals surface area (Å²) in [7, 11) is 0. The molecule has 0 unspecified atom stereocenters. The quantitative estimate of drug-likeness (QED) is 0.592. The average Bonchev–Trinajstić information content (AvgIpc) is 3.18. The third kappa shape index (κ3) is 5.23. The Morgan fingerprint density at radius 3 is 2.57 bits per heavy atom. The lowest BCUT2D eigenvalue weighted by atomic mass is 10.1. The van der Waals surface area contributed by atoms with Gasteiger partial charge in [0.2, 0.25) is 0 Å². The number of halogens is 3. The highest BCUT2D eigenvalue weighted by molar-refractivity contribution is 5.83. The molecule has 1 aliphatic rings. The van der Waals surface area contributed by atoms with Crippen LogP contribution in [-0.4, -0.2) is 36.7 Å². The summed E-state index contributed by atoms with van der Waals surface area (Å²) in [5.74, 6) is 1.96. The molecule has 0 saturated carbocycles. The molecule has 0 amide bonds. The first-order valence-corrected chi connectivity index (χ1v) is 9.82. The standard InChI is InChI=1S/C23H22F3N3O/c24-23(25,26)10-12-29-13-11-27-22(29)28-16-17-4-3-7-20(14-17)30-21-9-8-18-5-1-2-6-19(18)15-21/h1-9,14-15H,10-13,16H2,(H,27,28). The van der Waals surface area contributed by atoms with Crippen molar-refractivity contribution in [2.45, 2.75) is 19.1 Å². The zero-order valence-corrected chi connectivity index (χ0v) is 16.3. The van der Waals surface area contributed by atoms with Crippen LogP contribution in [0.5, 0.6) is 11.5 Å². The van der Waals surface area contributed by atoms with Crippen molar-refractivity contribution >= 4 is 16.7 Å². The summed E-state index contributed by atoms with van der Waals surface area (Å²) in [6.45, 7) is 1.38. The molecule has 1 aliphatic heterocycles. The Kier molecular flexibility index (Phi) is 5.79. The molecule has 0 radical (unpaired) electrons. The van der Waals surface area contributed by atoms with E-state index >= 15 is 0 Å². The number of aliphatic imine (C=N–C) groups is 1. The number of benzene rings is 3. The maximum atomic E-state index is 12.5. The predicted molar refractivity (Wildman–Crippen MR) is 112 cm³/mol. The molecular formula is C23H22F3N3O. The molecule has 0 aliphatic carbocycles. The van der Waals surface area contributed by atoms with E-state index in [1.54, 1.807) is 4.90 Å². The molecule has 0 atom stereocenters. The van der Waals surface area contributed by atoms with Crippen molar-refractivity contribution in [2.75, 3.05) is 19.6 Å². The number of ether oxygens (including phenoxy) is 1. The Balaban J connectivity index is 1.37. The molecule has 0 fully saturated rings. The Morgan fingerprint density at radius 1 is 0.933 bits per heavy atom. The van der Waals surface area contributed by atoms with Gasteiger partial charge >= 0.3 is 6.18 Å². The summed E-state index contributed by atoms with van der Waals surface area (Å²) in [6, 6.07) is 21.6. The molecule has 1 N–H and O–H groups in total. The highest BCUT2D eigenvalue weighted by atomic mass is 19.4. The Morgan fingerprint density at radius 2 is 1.73 bits per heavy atom. The number of rotatable bonds is 6. The highest BCUT2D eigenvalue weighted by Gasteiger charge is 2.29. The number of nitrogens with zero attached hydrogens (tertiary/aromatic N) is 2. The fourth-order valence-corrected chi connectivity index (χ4v) is 3.40. The van der Waals surface area contributed by atoms with E-state index in [9.17, 15) is 13.2 Å². The summed E-state index contributed by atoms with van der Waals surface area (Å²) in [5, 5.41) is 5.40. The van der Waals surface area contributed by atoms with Crippen molar-refractivity contribution in [1.82, 2.24) is 10.2 Å². The topological polar surface area (TPSA) is 36.9 Å². The Labute approximate surface area is 173 Å². The number of fused-ring (bicyclic) bond motifs is 1. The Bertz CT molecular complexity index is 1050. The molecule has 0 aromatic heterocycles. The van der Waals surface area contributed by atoms with Gasteiger partial charge in [0.05, 0.1) is 13.0 Å². The van der Waals surface area contributed by atoms with Gasteiger partial charge in [-0.3, -0.25) is 4.99 Å². The minimum atomic E-state index is -4.16. The first-order valence-electron chi connectivity index (χ1n) is 9.82. The van der Waals surface area contributed by atoms with Gasteiger partial charge in [0.15, 0.2) is 5.96 Å². The molecule has 7 heteroatoms. The van der Waals surface area contributed by atoms with Gasteiger partial charge in [-0.25, -0.2) is 0 Å². The number of hydrogen-bond acceptors (Lipinski definition) is 4. The van der Waals surface area contributed by atoms with Crippen molar-refractivity contribution in [3.05, 3.63) is 72.3 Å². The van der Waals surface area contributed by atoms with E-state index in [1.165, 1.54) is 0 Å². The van der Waals surface area contributed by atoms with Crippen molar-refractivity contribution in [3.8, 4) is 11.5 Å². The average molecular weight is 413 g/mol. The van der Waals surface area contributed by atoms with Crippen LogP contribution >= 0.6 is 0 Å². The van der Waals surface area contributed by atoms with E-state index in [2.05, 4.69) is 16.4 Å². The second kappa shape index (κ2) is 8.65. The molecule has 1 heterocycles. The number of hydrogen-bond donors (Lipinski definition) is 1. The van der Waals surface area contributed by atoms with Gasteiger partial charge in [0.25, 0.3) is 0 Å². The van der Waals surface area contributed by atoms with Crippen LogP contribution in [0.25, 0.3) is 10.8 Å². The van der Waals surface area contributed by atoms with Gasteiger partial charge in [-0.2, -0.15) is 13.2 Å². The van der Waals surface area contributed by atoms with E-state index in [0.29, 0.717) is 31.3 Å². The minimum Gasteiger partial charge on any atom is -0.457 e. The molecule has 4 rings (SSSR count). The van der Waals surface area contributed by atoms with Crippen molar-refractivity contribution in [2.24, 2.45) is 4.99 Å². The number of guanidine groups is 1. The summed E-state index contributed by atoms with van der Waals surface area (Å²) < 4.78 is 43.5. The molecule has 3 aromatic rings. The summed E-state index contributed by atoms with van der Waals surface area (Å²) >= 11 is 0. The van der Waals surface area contributed by atoms with E-state index in [-0.39, 0.29) is 6.54 Å². The Hall–Kier alpha value is -3.22. The van der Waals surface area contributed by atoms with Crippen LogP contribution in [0.3, 0.4) is 0 Å². The smallest absolute Gasteiger partial charge is 0.390 e. The SMILES string of the molecule is FC(F)(F)CCN1CCN=C1NCc1cccc(Oc2ccc3ccccc3c2)c1. The van der Waals surface area contributed by atoms with E-state index in [0.717, 1.165) is 22.1 Å². The monoisotopic (exact) mass is 413 g/mol. The van der Waals surface area contributed by atoms with Crippen molar-refractivity contribution < 1.29 is 17.9 Å². The summed E-state index contributed by atoms with van der Waals surface area (Å²) in [4.78, 5) is 5.93. The first kappa shape index (κ1) is 20.1. The largest absolute Gasteiger partial charge is 0.457 e. The third-order valence-electron chi connectivity index (χ3n) is 4.90.